The van der Waals surface area contributed by atoms with Gasteiger partial charge in [0, 0.05) is 11.8 Å². The number of aromatic nitrogens is 2. The molecule has 1 heterocycles. The third-order valence-electron chi connectivity index (χ3n) is 2.70. The fourth-order valence-electron chi connectivity index (χ4n) is 1.85. The van der Waals surface area contributed by atoms with Crippen molar-refractivity contribution in [3.05, 3.63) is 55.0 Å². The molecule has 0 unspecified atom stereocenters. The van der Waals surface area contributed by atoms with Crippen molar-refractivity contribution >= 4 is 10.8 Å². The first-order valence-corrected chi connectivity index (χ1v) is 5.32. The van der Waals surface area contributed by atoms with E-state index in [1.54, 1.807) is 18.3 Å². The Morgan fingerprint density at radius 3 is 2.53 bits per heavy atom. The van der Waals surface area contributed by atoms with Crippen LogP contribution >= 0.6 is 0 Å². The fraction of sp³-hybridized carbons (Fsp3) is 0. The number of hydrogen-bond acceptors (Lipinski definition) is 3. The second-order valence-electron chi connectivity index (χ2n) is 3.84. The van der Waals surface area contributed by atoms with Crippen molar-refractivity contribution in [3.8, 4) is 17.0 Å². The van der Waals surface area contributed by atoms with Gasteiger partial charge < -0.3 is 5.11 Å². The molecule has 0 spiro atoms. The van der Waals surface area contributed by atoms with Crippen molar-refractivity contribution in [2.75, 3.05) is 0 Å². The number of aromatic hydroxyl groups is 1. The monoisotopic (exact) mass is 222 g/mol. The number of rotatable bonds is 1. The number of nitrogens with zero attached hydrogens (tertiary/aromatic N) is 2. The lowest BCUT2D eigenvalue weighted by Crippen LogP contribution is -1.84. The van der Waals surface area contributed by atoms with E-state index in [1.807, 2.05) is 24.3 Å². The Balaban J connectivity index is 2.17. The van der Waals surface area contributed by atoms with E-state index in [9.17, 15) is 5.11 Å². The van der Waals surface area contributed by atoms with Crippen molar-refractivity contribution in [1.29, 1.82) is 0 Å². The zero-order valence-electron chi connectivity index (χ0n) is 9.04. The highest BCUT2D eigenvalue weighted by Crippen LogP contribution is 2.25. The van der Waals surface area contributed by atoms with Crippen molar-refractivity contribution in [1.82, 2.24) is 9.97 Å². The smallest absolute Gasteiger partial charge is 0.116 e. The Bertz CT molecular complexity index is 665. The van der Waals surface area contributed by atoms with Crippen LogP contribution in [-0.2, 0) is 0 Å². The van der Waals surface area contributed by atoms with E-state index < -0.39 is 0 Å². The zero-order valence-corrected chi connectivity index (χ0v) is 9.04. The van der Waals surface area contributed by atoms with Gasteiger partial charge in [0.1, 0.15) is 12.1 Å². The molecule has 3 heteroatoms. The Hall–Kier alpha value is -2.42. The number of phenols is 1. The van der Waals surface area contributed by atoms with E-state index in [1.165, 1.54) is 6.33 Å². The Kier molecular flexibility index (Phi) is 2.22. The first kappa shape index (κ1) is 9.78. The molecule has 0 aliphatic rings. The highest BCUT2D eigenvalue weighted by Gasteiger charge is 2.01. The van der Waals surface area contributed by atoms with E-state index in [2.05, 4.69) is 16.0 Å². The van der Waals surface area contributed by atoms with Gasteiger partial charge >= 0.3 is 0 Å². The maximum atomic E-state index is 9.40. The highest BCUT2D eigenvalue weighted by molar-refractivity contribution is 5.87. The number of fused-ring (bicyclic) bond motifs is 1. The maximum absolute atomic E-state index is 9.40. The van der Waals surface area contributed by atoms with Crippen molar-refractivity contribution in [2.45, 2.75) is 0 Å². The Labute approximate surface area is 98.4 Å². The summed E-state index contributed by atoms with van der Waals surface area (Å²) in [7, 11) is 0. The van der Waals surface area contributed by atoms with Gasteiger partial charge in [0.25, 0.3) is 0 Å². The van der Waals surface area contributed by atoms with Gasteiger partial charge in [0.2, 0.25) is 0 Å². The molecule has 82 valence electrons. The minimum absolute atomic E-state index is 0.285. The average Bonchev–Trinajstić information content (AvgIpc) is 2.39. The molecule has 3 nitrogen and oxygen atoms in total. The zero-order chi connectivity index (χ0) is 11.7. The van der Waals surface area contributed by atoms with Crippen LogP contribution in [0.1, 0.15) is 0 Å². The van der Waals surface area contributed by atoms with E-state index >= 15 is 0 Å². The summed E-state index contributed by atoms with van der Waals surface area (Å²) in [5, 5.41) is 11.5. The van der Waals surface area contributed by atoms with Gasteiger partial charge in [0.05, 0.1) is 5.69 Å². The van der Waals surface area contributed by atoms with E-state index in [0.29, 0.717) is 0 Å². The summed E-state index contributed by atoms with van der Waals surface area (Å²) in [5.74, 6) is 0.285. The molecule has 3 aromatic rings. The fourth-order valence-corrected chi connectivity index (χ4v) is 1.85. The van der Waals surface area contributed by atoms with Crippen molar-refractivity contribution < 1.29 is 5.11 Å². The van der Waals surface area contributed by atoms with Crippen LogP contribution in [-0.4, -0.2) is 15.1 Å². The molecule has 3 rings (SSSR count). The molecule has 0 aliphatic carbocycles. The molecule has 17 heavy (non-hydrogen) atoms. The van der Waals surface area contributed by atoms with Crippen LogP contribution in [0.2, 0.25) is 0 Å². The maximum Gasteiger partial charge on any atom is 0.116 e. The van der Waals surface area contributed by atoms with Crippen LogP contribution < -0.4 is 0 Å². The third kappa shape index (κ3) is 1.83. The van der Waals surface area contributed by atoms with Crippen LogP contribution in [0.3, 0.4) is 0 Å². The molecule has 2 aromatic carbocycles. The van der Waals surface area contributed by atoms with Crippen molar-refractivity contribution in [3.63, 3.8) is 0 Å². The van der Waals surface area contributed by atoms with Gasteiger partial charge in [-0.15, -0.1) is 0 Å². The van der Waals surface area contributed by atoms with Gasteiger partial charge in [0.15, 0.2) is 0 Å². The molecule has 0 amide bonds. The number of benzene rings is 2. The quantitative estimate of drug-likeness (QED) is 0.688. The lowest BCUT2D eigenvalue weighted by molar-refractivity contribution is 0.476. The summed E-state index contributed by atoms with van der Waals surface area (Å²) < 4.78 is 0. The summed E-state index contributed by atoms with van der Waals surface area (Å²) in [6.07, 6.45) is 3.26. The van der Waals surface area contributed by atoms with Gasteiger partial charge in [-0.2, -0.15) is 0 Å². The van der Waals surface area contributed by atoms with Crippen LogP contribution in [0.15, 0.2) is 55.0 Å². The number of phenolic OH excluding ortho intramolecular Hbond substituents is 1. The number of hydrogen-bond donors (Lipinski definition) is 1. The average molecular weight is 222 g/mol. The largest absolute Gasteiger partial charge is 0.508 e. The van der Waals surface area contributed by atoms with Gasteiger partial charge in [-0.1, -0.05) is 18.2 Å². The molecule has 0 saturated carbocycles. The van der Waals surface area contributed by atoms with Crippen LogP contribution in [0, 0.1) is 0 Å². The molecule has 0 bridgehead atoms. The highest BCUT2D eigenvalue weighted by atomic mass is 16.3. The third-order valence-corrected chi connectivity index (χ3v) is 2.70. The molecule has 0 aliphatic heterocycles. The first-order chi connectivity index (χ1) is 8.33. The second kappa shape index (κ2) is 3.87. The lowest BCUT2D eigenvalue weighted by Gasteiger charge is -2.03. The molecular formula is C14H10N2O. The van der Waals surface area contributed by atoms with Crippen LogP contribution in [0.4, 0.5) is 0 Å². The predicted octanol–water partition coefficient (Wildman–Crippen LogP) is 3.00. The summed E-state index contributed by atoms with van der Waals surface area (Å²) in [6.45, 7) is 0. The molecular weight excluding hydrogens is 212 g/mol. The topological polar surface area (TPSA) is 46.0 Å². The SMILES string of the molecule is Oc1ccc2cc(-c3ccncn3)ccc2c1. The molecule has 0 saturated heterocycles. The summed E-state index contributed by atoms with van der Waals surface area (Å²) in [6, 6.07) is 13.2. The van der Waals surface area contributed by atoms with Gasteiger partial charge in [-0.05, 0) is 35.0 Å². The minimum Gasteiger partial charge on any atom is -0.508 e. The normalized spacial score (nSPS) is 10.6. The Morgan fingerprint density at radius 1 is 0.882 bits per heavy atom. The summed E-state index contributed by atoms with van der Waals surface area (Å²) in [5.41, 5.74) is 1.94. The van der Waals surface area contributed by atoms with E-state index in [-0.39, 0.29) is 5.75 Å². The molecule has 1 N–H and O–H groups in total. The Morgan fingerprint density at radius 2 is 1.71 bits per heavy atom. The van der Waals surface area contributed by atoms with Crippen LogP contribution in [0.5, 0.6) is 5.75 Å². The van der Waals surface area contributed by atoms with E-state index in [4.69, 9.17) is 0 Å². The summed E-state index contributed by atoms with van der Waals surface area (Å²) in [4.78, 5) is 8.11. The first-order valence-electron chi connectivity index (χ1n) is 5.32. The minimum atomic E-state index is 0.285. The van der Waals surface area contributed by atoms with Gasteiger partial charge in [-0.25, -0.2) is 9.97 Å². The molecule has 0 radical (unpaired) electrons. The second-order valence-corrected chi connectivity index (χ2v) is 3.84. The molecule has 0 atom stereocenters. The van der Waals surface area contributed by atoms with E-state index in [0.717, 1.165) is 22.0 Å². The van der Waals surface area contributed by atoms with Crippen molar-refractivity contribution in [2.24, 2.45) is 0 Å². The standard InChI is InChI=1S/C14H10N2O/c17-13-4-3-10-7-12(2-1-11(10)8-13)14-5-6-15-9-16-14/h1-9,17H. The summed E-state index contributed by atoms with van der Waals surface area (Å²) >= 11 is 0. The van der Waals surface area contributed by atoms with Crippen LogP contribution in [0.25, 0.3) is 22.0 Å². The predicted molar refractivity (Wildman–Crippen MR) is 66.6 cm³/mol. The molecule has 1 aromatic heterocycles. The molecule has 0 fully saturated rings. The van der Waals surface area contributed by atoms with Gasteiger partial charge in [-0.3, -0.25) is 0 Å². The lowest BCUT2D eigenvalue weighted by atomic mass is 10.0.